The molecule has 2 aliphatic heterocycles. The quantitative estimate of drug-likeness (QED) is 0.825. The minimum atomic E-state index is -0.666. The van der Waals surface area contributed by atoms with E-state index in [4.69, 9.17) is 0 Å². The number of fused-ring (bicyclic) bond motifs is 1. The van der Waals surface area contributed by atoms with Crippen LogP contribution in [0.3, 0.4) is 0 Å². The molecule has 4 rings (SSSR count). The van der Waals surface area contributed by atoms with Crippen LogP contribution in [0.5, 0.6) is 0 Å². The van der Waals surface area contributed by atoms with Crippen molar-refractivity contribution in [1.29, 1.82) is 0 Å². The second-order valence-corrected chi connectivity index (χ2v) is 7.17. The van der Waals surface area contributed by atoms with Crippen LogP contribution < -0.4 is 5.32 Å². The molecule has 1 aromatic heterocycles. The molecule has 144 valence electrons. The number of amides is 1. The SMILES string of the molecule is Cl.O=C(c1cccc(-c2ncccc2F)c1)N1CC[C@@]2(O)CCNC[C@H]2C1. The van der Waals surface area contributed by atoms with Crippen molar-refractivity contribution in [2.75, 3.05) is 26.2 Å². The molecule has 7 heteroatoms. The van der Waals surface area contributed by atoms with Crippen LogP contribution in [-0.2, 0) is 0 Å². The van der Waals surface area contributed by atoms with Gasteiger partial charge in [-0.05, 0) is 43.7 Å². The Labute approximate surface area is 164 Å². The number of aromatic nitrogens is 1. The number of hydrogen-bond donors (Lipinski definition) is 2. The first-order chi connectivity index (χ1) is 12.6. The van der Waals surface area contributed by atoms with Crippen LogP contribution in [0.4, 0.5) is 4.39 Å². The van der Waals surface area contributed by atoms with E-state index < -0.39 is 11.4 Å². The molecule has 0 saturated carbocycles. The van der Waals surface area contributed by atoms with Gasteiger partial charge in [-0.3, -0.25) is 9.78 Å². The molecule has 2 fully saturated rings. The van der Waals surface area contributed by atoms with E-state index in [2.05, 4.69) is 10.3 Å². The third-order valence-corrected chi connectivity index (χ3v) is 5.57. The molecule has 0 bridgehead atoms. The van der Waals surface area contributed by atoms with E-state index >= 15 is 0 Å². The fourth-order valence-electron chi connectivity index (χ4n) is 3.99. The third kappa shape index (κ3) is 3.83. The lowest BCUT2D eigenvalue weighted by molar-refractivity contribution is -0.0817. The van der Waals surface area contributed by atoms with Crippen LogP contribution in [0.15, 0.2) is 42.6 Å². The van der Waals surface area contributed by atoms with Gasteiger partial charge in [0.15, 0.2) is 0 Å². The largest absolute Gasteiger partial charge is 0.389 e. The van der Waals surface area contributed by atoms with E-state index in [-0.39, 0.29) is 29.9 Å². The van der Waals surface area contributed by atoms with Gasteiger partial charge in [0.2, 0.25) is 0 Å². The Kier molecular flexibility index (Phi) is 5.79. The van der Waals surface area contributed by atoms with E-state index in [9.17, 15) is 14.3 Å². The Morgan fingerprint density at radius 1 is 1.30 bits per heavy atom. The number of rotatable bonds is 2. The van der Waals surface area contributed by atoms with E-state index in [0.717, 1.165) is 19.5 Å². The fraction of sp³-hybridized carbons (Fsp3) is 0.400. The van der Waals surface area contributed by atoms with Crippen LogP contribution >= 0.6 is 12.4 Å². The number of benzene rings is 1. The van der Waals surface area contributed by atoms with Gasteiger partial charge in [0.1, 0.15) is 11.5 Å². The van der Waals surface area contributed by atoms with Gasteiger partial charge in [-0.2, -0.15) is 0 Å². The molecule has 2 aliphatic rings. The van der Waals surface area contributed by atoms with Gasteiger partial charge in [0.25, 0.3) is 5.91 Å². The maximum atomic E-state index is 14.0. The Morgan fingerprint density at radius 3 is 2.96 bits per heavy atom. The lowest BCUT2D eigenvalue weighted by Crippen LogP contribution is -2.59. The van der Waals surface area contributed by atoms with Gasteiger partial charge in [0, 0.05) is 42.9 Å². The molecule has 3 heterocycles. The van der Waals surface area contributed by atoms with Gasteiger partial charge in [-0.1, -0.05) is 12.1 Å². The molecule has 2 N–H and O–H groups in total. The second-order valence-electron chi connectivity index (χ2n) is 7.17. The van der Waals surface area contributed by atoms with Crippen LogP contribution in [0.1, 0.15) is 23.2 Å². The van der Waals surface area contributed by atoms with Crippen molar-refractivity contribution >= 4 is 18.3 Å². The summed E-state index contributed by atoms with van der Waals surface area (Å²) in [6, 6.07) is 9.83. The number of aliphatic hydroxyl groups is 1. The van der Waals surface area contributed by atoms with Gasteiger partial charge in [-0.15, -0.1) is 12.4 Å². The highest BCUT2D eigenvalue weighted by Gasteiger charge is 2.43. The van der Waals surface area contributed by atoms with Crippen molar-refractivity contribution in [2.45, 2.75) is 18.4 Å². The first-order valence-corrected chi connectivity index (χ1v) is 9.00. The minimum Gasteiger partial charge on any atom is -0.389 e. The highest BCUT2D eigenvalue weighted by atomic mass is 35.5. The summed E-state index contributed by atoms with van der Waals surface area (Å²) < 4.78 is 14.0. The van der Waals surface area contributed by atoms with E-state index in [1.807, 2.05) is 0 Å². The summed E-state index contributed by atoms with van der Waals surface area (Å²) in [5, 5.41) is 14.1. The molecular weight excluding hydrogens is 369 g/mol. The van der Waals surface area contributed by atoms with Crippen molar-refractivity contribution in [2.24, 2.45) is 5.92 Å². The summed E-state index contributed by atoms with van der Waals surface area (Å²) in [7, 11) is 0. The summed E-state index contributed by atoms with van der Waals surface area (Å²) in [6.45, 7) is 2.61. The monoisotopic (exact) mass is 391 g/mol. The van der Waals surface area contributed by atoms with Crippen molar-refractivity contribution < 1.29 is 14.3 Å². The lowest BCUT2D eigenvalue weighted by atomic mass is 9.76. The number of hydrogen-bond acceptors (Lipinski definition) is 4. The van der Waals surface area contributed by atoms with Crippen molar-refractivity contribution in [1.82, 2.24) is 15.2 Å². The summed E-state index contributed by atoms with van der Waals surface area (Å²) in [5.41, 5.74) is 0.677. The third-order valence-electron chi connectivity index (χ3n) is 5.57. The molecule has 2 saturated heterocycles. The number of carbonyl (C=O) groups is 1. The maximum absolute atomic E-state index is 14.0. The number of nitrogens with zero attached hydrogens (tertiary/aromatic N) is 2. The smallest absolute Gasteiger partial charge is 0.253 e. The van der Waals surface area contributed by atoms with Crippen molar-refractivity contribution in [3.05, 3.63) is 54.0 Å². The van der Waals surface area contributed by atoms with Crippen LogP contribution in [0.25, 0.3) is 11.3 Å². The fourth-order valence-corrected chi connectivity index (χ4v) is 3.99. The summed E-state index contributed by atoms with van der Waals surface area (Å²) in [4.78, 5) is 18.8. The maximum Gasteiger partial charge on any atom is 0.253 e. The molecule has 0 unspecified atom stereocenters. The highest BCUT2D eigenvalue weighted by molar-refractivity contribution is 5.95. The Bertz CT molecular complexity index is 834. The van der Waals surface area contributed by atoms with Gasteiger partial charge in [-0.25, -0.2) is 4.39 Å². The van der Waals surface area contributed by atoms with E-state index in [1.54, 1.807) is 35.2 Å². The number of halogens is 2. The standard InChI is InChI=1S/C20H22FN3O2.ClH/c21-17-5-2-8-23-18(17)14-3-1-4-15(11-14)19(25)24-10-7-20(26)6-9-22-12-16(20)13-24;/h1-5,8,11,16,22,26H,6-7,9-10,12-13H2;1H/t16-,20-;/m0./s1. The second kappa shape index (κ2) is 7.92. The lowest BCUT2D eigenvalue weighted by Gasteiger charge is -2.47. The number of likely N-dealkylation sites (tertiary alicyclic amines) is 1. The molecule has 1 aromatic carbocycles. The first-order valence-electron chi connectivity index (χ1n) is 9.00. The average Bonchev–Trinajstić information content (AvgIpc) is 2.67. The number of nitrogens with one attached hydrogen (secondary N) is 1. The zero-order chi connectivity index (χ0) is 18.1. The molecular formula is C20H23ClFN3O2. The molecule has 0 spiro atoms. The summed E-state index contributed by atoms with van der Waals surface area (Å²) in [5.74, 6) is -0.449. The first kappa shape index (κ1) is 19.7. The molecule has 0 aliphatic carbocycles. The minimum absolute atomic E-state index is 0. The molecule has 27 heavy (non-hydrogen) atoms. The highest BCUT2D eigenvalue weighted by Crippen LogP contribution is 2.33. The van der Waals surface area contributed by atoms with Gasteiger partial charge < -0.3 is 15.3 Å². The predicted molar refractivity (Wildman–Crippen MR) is 103 cm³/mol. The Hall–Kier alpha value is -2.02. The summed E-state index contributed by atoms with van der Waals surface area (Å²) >= 11 is 0. The zero-order valence-corrected chi connectivity index (χ0v) is 15.7. The van der Waals surface area contributed by atoms with Crippen LogP contribution in [0, 0.1) is 11.7 Å². The van der Waals surface area contributed by atoms with Gasteiger partial charge >= 0.3 is 0 Å². The van der Waals surface area contributed by atoms with Crippen molar-refractivity contribution in [3.63, 3.8) is 0 Å². The van der Waals surface area contributed by atoms with E-state index in [1.165, 1.54) is 12.3 Å². The Balaban J connectivity index is 0.00000210. The number of pyridine rings is 1. The summed E-state index contributed by atoms with van der Waals surface area (Å²) in [6.07, 6.45) is 2.86. The van der Waals surface area contributed by atoms with E-state index in [0.29, 0.717) is 30.6 Å². The topological polar surface area (TPSA) is 65.5 Å². The van der Waals surface area contributed by atoms with Crippen LogP contribution in [0.2, 0.25) is 0 Å². The Morgan fingerprint density at radius 2 is 2.15 bits per heavy atom. The molecule has 0 radical (unpaired) electrons. The molecule has 2 atom stereocenters. The number of carbonyl (C=O) groups excluding carboxylic acids is 1. The van der Waals surface area contributed by atoms with Gasteiger partial charge in [0.05, 0.1) is 5.60 Å². The number of piperidine rings is 2. The molecule has 2 aromatic rings. The van der Waals surface area contributed by atoms with Crippen LogP contribution in [-0.4, -0.2) is 52.7 Å². The molecule has 5 nitrogen and oxygen atoms in total. The average molecular weight is 392 g/mol. The van der Waals surface area contributed by atoms with Crippen molar-refractivity contribution in [3.8, 4) is 11.3 Å². The normalized spacial score (nSPS) is 24.7. The predicted octanol–water partition coefficient (Wildman–Crippen LogP) is 2.50. The zero-order valence-electron chi connectivity index (χ0n) is 14.9. The molecule has 1 amide bonds.